The zero-order valence-electron chi connectivity index (χ0n) is 24.9. The Morgan fingerprint density at radius 3 is 2.11 bits per heavy atom. The van der Waals surface area contributed by atoms with Gasteiger partial charge in [0.15, 0.2) is 0 Å². The van der Waals surface area contributed by atoms with E-state index in [2.05, 4.69) is 5.32 Å². The Balaban J connectivity index is 1.83. The minimum atomic E-state index is -4.31. The second-order valence-electron chi connectivity index (χ2n) is 10.6. The first-order valence-electron chi connectivity index (χ1n) is 14.4. The summed E-state index contributed by atoms with van der Waals surface area (Å²) in [6, 6.07) is 25.7. The Hall–Kier alpha value is -3.92. The summed E-state index contributed by atoms with van der Waals surface area (Å²) in [7, 11) is -4.31. The molecule has 11 heteroatoms. The van der Waals surface area contributed by atoms with Gasteiger partial charge in [-0.15, -0.1) is 0 Å². The van der Waals surface area contributed by atoms with Gasteiger partial charge in [-0.2, -0.15) is 0 Å². The van der Waals surface area contributed by atoms with Crippen molar-refractivity contribution in [2.24, 2.45) is 0 Å². The predicted octanol–water partition coefficient (Wildman–Crippen LogP) is 6.88. The molecule has 45 heavy (non-hydrogen) atoms. The number of anilines is 1. The molecule has 4 aromatic carbocycles. The predicted molar refractivity (Wildman–Crippen MR) is 176 cm³/mol. The second kappa shape index (κ2) is 15.4. The number of hydrogen-bond donors (Lipinski definition) is 1. The summed E-state index contributed by atoms with van der Waals surface area (Å²) in [5.74, 6) is -1.72. The molecular formula is C34H34Cl2FN3O4S. The SMILES string of the molecule is CC[C@H](C)NC(=O)[C@H](Cc1ccccc1)N(Cc1ccccc1F)C(=O)CN(c1ccc(Cl)c(Cl)c1)S(=O)(=O)c1ccccc1. The van der Waals surface area contributed by atoms with Crippen LogP contribution in [0.2, 0.25) is 10.0 Å². The quantitative estimate of drug-likeness (QED) is 0.168. The van der Waals surface area contributed by atoms with Gasteiger partial charge >= 0.3 is 0 Å². The van der Waals surface area contributed by atoms with Crippen LogP contribution in [0.5, 0.6) is 0 Å². The molecule has 0 aliphatic rings. The summed E-state index contributed by atoms with van der Waals surface area (Å²) in [5, 5.41) is 3.24. The fourth-order valence-electron chi connectivity index (χ4n) is 4.69. The summed E-state index contributed by atoms with van der Waals surface area (Å²) in [4.78, 5) is 29.4. The van der Waals surface area contributed by atoms with Crippen LogP contribution in [0.4, 0.5) is 10.1 Å². The number of rotatable bonds is 13. The highest BCUT2D eigenvalue weighted by molar-refractivity contribution is 7.92. The molecule has 4 aromatic rings. The van der Waals surface area contributed by atoms with Crippen molar-refractivity contribution >= 4 is 50.7 Å². The minimum Gasteiger partial charge on any atom is -0.352 e. The minimum absolute atomic E-state index is 0.0557. The summed E-state index contributed by atoms with van der Waals surface area (Å²) < 4.78 is 44.0. The molecule has 0 saturated heterocycles. The van der Waals surface area contributed by atoms with Crippen LogP contribution in [-0.4, -0.2) is 43.8 Å². The van der Waals surface area contributed by atoms with E-state index in [1.165, 1.54) is 53.4 Å². The lowest BCUT2D eigenvalue weighted by molar-refractivity contribution is -0.140. The lowest BCUT2D eigenvalue weighted by Crippen LogP contribution is -2.54. The van der Waals surface area contributed by atoms with Gasteiger partial charge < -0.3 is 10.2 Å². The average Bonchev–Trinajstić information content (AvgIpc) is 3.04. The molecule has 0 heterocycles. The molecule has 2 amide bonds. The van der Waals surface area contributed by atoms with E-state index in [1.54, 1.807) is 24.3 Å². The van der Waals surface area contributed by atoms with Crippen molar-refractivity contribution in [3.05, 3.63) is 130 Å². The summed E-state index contributed by atoms with van der Waals surface area (Å²) in [6.07, 6.45) is 0.757. The maximum absolute atomic E-state index is 15.0. The number of nitrogens with one attached hydrogen (secondary N) is 1. The van der Waals surface area contributed by atoms with Crippen LogP contribution < -0.4 is 9.62 Å². The van der Waals surface area contributed by atoms with E-state index in [-0.39, 0.29) is 45.2 Å². The monoisotopic (exact) mass is 669 g/mol. The number of halogens is 3. The molecular weight excluding hydrogens is 636 g/mol. The molecule has 0 unspecified atom stereocenters. The summed E-state index contributed by atoms with van der Waals surface area (Å²) in [6.45, 7) is 2.78. The lowest BCUT2D eigenvalue weighted by Gasteiger charge is -2.34. The Kier molecular flexibility index (Phi) is 11.6. The Bertz CT molecular complexity index is 1730. The number of sulfonamides is 1. The zero-order valence-corrected chi connectivity index (χ0v) is 27.2. The Morgan fingerprint density at radius 2 is 1.49 bits per heavy atom. The maximum Gasteiger partial charge on any atom is 0.264 e. The van der Waals surface area contributed by atoms with E-state index in [0.717, 1.165) is 9.87 Å². The van der Waals surface area contributed by atoms with Crippen LogP contribution in [0, 0.1) is 5.82 Å². The Labute approximate surface area is 273 Å². The van der Waals surface area contributed by atoms with E-state index >= 15 is 4.39 Å². The highest BCUT2D eigenvalue weighted by Crippen LogP contribution is 2.31. The van der Waals surface area contributed by atoms with Gasteiger partial charge in [-0.25, -0.2) is 12.8 Å². The first kappa shape index (κ1) is 34.0. The lowest BCUT2D eigenvalue weighted by atomic mass is 10.0. The first-order chi connectivity index (χ1) is 21.5. The molecule has 0 fully saturated rings. The van der Waals surface area contributed by atoms with Gasteiger partial charge in [0.1, 0.15) is 18.4 Å². The Morgan fingerprint density at radius 1 is 0.867 bits per heavy atom. The van der Waals surface area contributed by atoms with Crippen LogP contribution in [0.15, 0.2) is 108 Å². The van der Waals surface area contributed by atoms with Crippen LogP contribution in [0.1, 0.15) is 31.4 Å². The standard InChI is InChI=1S/C34H34Cl2FN3O4S/c1-3-24(2)38-34(42)32(20-25-12-6-4-7-13-25)39(22-26-14-10-11-17-31(26)37)33(41)23-40(27-18-19-29(35)30(36)21-27)45(43,44)28-15-8-5-9-16-28/h4-19,21,24,32H,3,20,22-23H2,1-2H3,(H,38,42)/t24-,32-/m0/s1. The number of carbonyl (C=O) groups excluding carboxylic acids is 2. The van der Waals surface area contributed by atoms with Crippen molar-refractivity contribution in [1.82, 2.24) is 10.2 Å². The van der Waals surface area contributed by atoms with Gasteiger partial charge in [0.05, 0.1) is 20.6 Å². The highest BCUT2D eigenvalue weighted by atomic mass is 35.5. The molecule has 0 aliphatic carbocycles. The molecule has 236 valence electrons. The van der Waals surface area contributed by atoms with Crippen molar-refractivity contribution in [3.63, 3.8) is 0 Å². The second-order valence-corrected chi connectivity index (χ2v) is 13.2. The molecule has 1 N–H and O–H groups in total. The van der Waals surface area contributed by atoms with Gasteiger partial charge in [-0.1, -0.05) is 96.9 Å². The summed E-state index contributed by atoms with van der Waals surface area (Å²) in [5.41, 5.74) is 1.04. The molecule has 0 aromatic heterocycles. The first-order valence-corrected chi connectivity index (χ1v) is 16.6. The smallest absolute Gasteiger partial charge is 0.264 e. The van der Waals surface area contributed by atoms with E-state index in [4.69, 9.17) is 23.2 Å². The normalized spacial score (nSPS) is 12.6. The van der Waals surface area contributed by atoms with Crippen molar-refractivity contribution < 1.29 is 22.4 Å². The molecule has 2 atom stereocenters. The number of amides is 2. The topological polar surface area (TPSA) is 86.8 Å². The highest BCUT2D eigenvalue weighted by Gasteiger charge is 2.35. The summed E-state index contributed by atoms with van der Waals surface area (Å²) >= 11 is 12.4. The van der Waals surface area contributed by atoms with E-state index < -0.39 is 40.2 Å². The van der Waals surface area contributed by atoms with Crippen LogP contribution in [0.25, 0.3) is 0 Å². The third kappa shape index (κ3) is 8.63. The van der Waals surface area contributed by atoms with Crippen molar-refractivity contribution in [2.45, 2.75) is 50.2 Å². The van der Waals surface area contributed by atoms with Crippen molar-refractivity contribution in [1.29, 1.82) is 0 Å². The third-order valence-corrected chi connectivity index (χ3v) is 9.90. The maximum atomic E-state index is 15.0. The number of benzene rings is 4. The van der Waals surface area contributed by atoms with Gasteiger partial charge in [0.25, 0.3) is 10.0 Å². The molecule has 0 saturated carbocycles. The van der Waals surface area contributed by atoms with Crippen LogP contribution in [-0.2, 0) is 32.6 Å². The van der Waals surface area contributed by atoms with E-state index in [0.29, 0.717) is 6.42 Å². The van der Waals surface area contributed by atoms with Gasteiger partial charge in [-0.3, -0.25) is 13.9 Å². The zero-order chi connectivity index (χ0) is 32.6. The van der Waals surface area contributed by atoms with Gasteiger partial charge in [0.2, 0.25) is 11.8 Å². The van der Waals surface area contributed by atoms with Crippen LogP contribution in [0.3, 0.4) is 0 Å². The van der Waals surface area contributed by atoms with Crippen molar-refractivity contribution in [3.8, 4) is 0 Å². The van der Waals surface area contributed by atoms with Crippen molar-refractivity contribution in [2.75, 3.05) is 10.8 Å². The third-order valence-electron chi connectivity index (χ3n) is 7.37. The van der Waals surface area contributed by atoms with E-state index in [9.17, 15) is 18.0 Å². The molecule has 4 rings (SSSR count). The largest absolute Gasteiger partial charge is 0.352 e. The molecule has 0 bridgehead atoms. The van der Waals surface area contributed by atoms with Gasteiger partial charge in [-0.05, 0) is 55.3 Å². The van der Waals surface area contributed by atoms with Gasteiger partial charge in [0, 0.05) is 24.6 Å². The molecule has 0 radical (unpaired) electrons. The number of nitrogens with zero attached hydrogens (tertiary/aromatic N) is 2. The molecule has 0 spiro atoms. The average molecular weight is 671 g/mol. The van der Waals surface area contributed by atoms with Crippen LogP contribution >= 0.6 is 23.2 Å². The molecule has 0 aliphatic heterocycles. The fourth-order valence-corrected chi connectivity index (χ4v) is 6.41. The van der Waals surface area contributed by atoms with E-state index in [1.807, 2.05) is 44.2 Å². The number of carbonyl (C=O) groups is 2. The fraction of sp³-hybridized carbons (Fsp3) is 0.235. The number of hydrogen-bond acceptors (Lipinski definition) is 4. The molecule has 7 nitrogen and oxygen atoms in total.